The van der Waals surface area contributed by atoms with Gasteiger partial charge in [0.05, 0.1) is 0 Å². The number of hydrogen-bond acceptors (Lipinski definition) is 2. The quantitative estimate of drug-likeness (QED) is 0.784. The molecule has 0 radical (unpaired) electrons. The molecule has 0 aliphatic carbocycles. The van der Waals surface area contributed by atoms with Crippen molar-refractivity contribution in [3.63, 3.8) is 0 Å². The fourth-order valence-electron chi connectivity index (χ4n) is 1.29. The van der Waals surface area contributed by atoms with E-state index in [1.165, 1.54) is 6.20 Å². The van der Waals surface area contributed by atoms with E-state index >= 15 is 0 Å². The first-order chi connectivity index (χ1) is 6.48. The van der Waals surface area contributed by atoms with Gasteiger partial charge in [-0.05, 0) is 12.1 Å². The first-order valence-electron chi connectivity index (χ1n) is 3.72. The van der Waals surface area contributed by atoms with Crippen molar-refractivity contribution >= 4 is 37.0 Å². The number of rotatable bonds is 1. The summed E-state index contributed by atoms with van der Waals surface area (Å²) < 4.78 is 31.6. The Morgan fingerprint density at radius 1 is 1.36 bits per heavy atom. The summed E-state index contributed by atoms with van der Waals surface area (Å²) in [6.07, 6.45) is 1.27. The van der Waals surface area contributed by atoms with E-state index in [0.29, 0.717) is 10.9 Å². The highest BCUT2D eigenvalue weighted by Crippen LogP contribution is 2.25. The Morgan fingerprint density at radius 3 is 2.71 bits per heavy atom. The molecule has 0 atom stereocenters. The zero-order valence-corrected chi connectivity index (χ0v) is 9.26. The average Bonchev–Trinajstić information content (AvgIpc) is 2.45. The summed E-state index contributed by atoms with van der Waals surface area (Å²) in [7, 11) is -4.15. The molecule has 0 spiro atoms. The van der Waals surface area contributed by atoms with Gasteiger partial charge in [0, 0.05) is 21.6 Å². The van der Waals surface area contributed by atoms with Gasteiger partial charge in [-0.15, -0.1) is 0 Å². The molecule has 0 saturated carbocycles. The van der Waals surface area contributed by atoms with Gasteiger partial charge in [0.25, 0.3) is 10.1 Å². The van der Waals surface area contributed by atoms with Crippen molar-refractivity contribution in [2.75, 3.05) is 0 Å². The van der Waals surface area contributed by atoms with Crippen molar-refractivity contribution in [3.05, 3.63) is 28.9 Å². The minimum absolute atomic E-state index is 0.0972. The molecule has 0 bridgehead atoms. The number of nitrogens with one attached hydrogen (secondary N) is 1. The van der Waals surface area contributed by atoms with Crippen molar-refractivity contribution in [3.8, 4) is 0 Å². The van der Waals surface area contributed by atoms with Crippen molar-refractivity contribution < 1.29 is 13.0 Å². The topological polar surface area (TPSA) is 70.2 Å². The third-order valence-electron chi connectivity index (χ3n) is 1.88. The van der Waals surface area contributed by atoms with E-state index < -0.39 is 10.1 Å². The molecule has 14 heavy (non-hydrogen) atoms. The van der Waals surface area contributed by atoms with E-state index in [1.54, 1.807) is 18.2 Å². The van der Waals surface area contributed by atoms with Crippen LogP contribution in [0, 0.1) is 0 Å². The maximum absolute atomic E-state index is 10.9. The molecule has 0 unspecified atom stereocenters. The standard InChI is InChI=1S/C8H6BrNO3S/c9-5-1-2-6-7(3-5)10-4-8(6)14(11,12)13/h1-4,10H,(H,11,12,13). The number of hydrogen-bond donors (Lipinski definition) is 2. The Kier molecular flexibility index (Phi) is 2.13. The van der Waals surface area contributed by atoms with Gasteiger partial charge in [-0.2, -0.15) is 8.42 Å². The molecule has 74 valence electrons. The minimum Gasteiger partial charge on any atom is -0.360 e. The van der Waals surface area contributed by atoms with Crippen molar-refractivity contribution in [1.29, 1.82) is 0 Å². The van der Waals surface area contributed by atoms with Gasteiger partial charge < -0.3 is 4.98 Å². The third kappa shape index (κ3) is 1.56. The molecule has 2 N–H and O–H groups in total. The second-order valence-electron chi connectivity index (χ2n) is 2.82. The fraction of sp³-hybridized carbons (Fsp3) is 0. The molecule has 1 aromatic carbocycles. The predicted molar refractivity (Wildman–Crippen MR) is 55.8 cm³/mol. The number of H-pyrrole nitrogens is 1. The summed E-state index contributed by atoms with van der Waals surface area (Å²) in [6.45, 7) is 0. The normalized spacial score (nSPS) is 12.1. The molecule has 6 heteroatoms. The Balaban J connectivity index is 2.83. The molecule has 4 nitrogen and oxygen atoms in total. The lowest BCUT2D eigenvalue weighted by molar-refractivity contribution is 0.484. The molecule has 0 amide bonds. The predicted octanol–water partition coefficient (Wildman–Crippen LogP) is 2.18. The monoisotopic (exact) mass is 275 g/mol. The Bertz CT molecular complexity index is 588. The molecule has 0 aliphatic rings. The number of fused-ring (bicyclic) bond motifs is 1. The molecule has 1 aromatic heterocycles. The van der Waals surface area contributed by atoms with Crippen LogP contribution in [0.25, 0.3) is 10.9 Å². The fourth-order valence-corrected chi connectivity index (χ4v) is 2.31. The smallest absolute Gasteiger partial charge is 0.296 e. The van der Waals surface area contributed by atoms with Gasteiger partial charge in [0.2, 0.25) is 0 Å². The van der Waals surface area contributed by atoms with Gasteiger partial charge in [0.15, 0.2) is 0 Å². The van der Waals surface area contributed by atoms with Gasteiger partial charge in [-0.3, -0.25) is 4.55 Å². The molecule has 0 saturated heterocycles. The minimum atomic E-state index is -4.15. The number of aromatic nitrogens is 1. The Hall–Kier alpha value is -0.850. The Morgan fingerprint density at radius 2 is 2.07 bits per heavy atom. The highest BCUT2D eigenvalue weighted by atomic mass is 79.9. The van der Waals surface area contributed by atoms with Crippen LogP contribution < -0.4 is 0 Å². The largest absolute Gasteiger partial charge is 0.360 e. The summed E-state index contributed by atoms with van der Waals surface area (Å²) in [5.41, 5.74) is 0.659. The van der Waals surface area contributed by atoms with Gasteiger partial charge in [0.1, 0.15) is 4.90 Å². The van der Waals surface area contributed by atoms with E-state index in [0.717, 1.165) is 4.47 Å². The van der Waals surface area contributed by atoms with Crippen LogP contribution in [-0.2, 0) is 10.1 Å². The van der Waals surface area contributed by atoms with E-state index in [2.05, 4.69) is 20.9 Å². The third-order valence-corrected chi connectivity index (χ3v) is 3.27. The first-order valence-corrected chi connectivity index (χ1v) is 5.96. The molecule has 0 fully saturated rings. The van der Waals surface area contributed by atoms with Crippen LogP contribution in [0.3, 0.4) is 0 Å². The molecular formula is C8H6BrNO3S. The molecule has 0 aliphatic heterocycles. The van der Waals surface area contributed by atoms with E-state index in [9.17, 15) is 8.42 Å². The maximum atomic E-state index is 10.9. The van der Waals surface area contributed by atoms with Crippen molar-refractivity contribution in [2.24, 2.45) is 0 Å². The van der Waals surface area contributed by atoms with Crippen LogP contribution in [0.1, 0.15) is 0 Å². The zero-order chi connectivity index (χ0) is 10.3. The highest BCUT2D eigenvalue weighted by molar-refractivity contribution is 9.10. The van der Waals surface area contributed by atoms with Crippen molar-refractivity contribution in [1.82, 2.24) is 4.98 Å². The number of benzene rings is 1. The van der Waals surface area contributed by atoms with Crippen LogP contribution in [-0.4, -0.2) is 18.0 Å². The van der Waals surface area contributed by atoms with E-state index in [4.69, 9.17) is 4.55 Å². The SMILES string of the molecule is O=S(=O)(O)c1c[nH]c2cc(Br)ccc12. The number of aromatic amines is 1. The first kappa shape index (κ1) is 9.70. The molecule has 2 aromatic rings. The average molecular weight is 276 g/mol. The van der Waals surface area contributed by atoms with Crippen LogP contribution in [0.5, 0.6) is 0 Å². The van der Waals surface area contributed by atoms with Gasteiger partial charge in [-0.1, -0.05) is 22.0 Å². The summed E-state index contributed by atoms with van der Waals surface area (Å²) in [6, 6.07) is 5.08. The van der Waals surface area contributed by atoms with Crippen LogP contribution >= 0.6 is 15.9 Å². The highest BCUT2D eigenvalue weighted by Gasteiger charge is 2.15. The zero-order valence-electron chi connectivity index (χ0n) is 6.86. The van der Waals surface area contributed by atoms with Crippen LogP contribution in [0.2, 0.25) is 0 Å². The van der Waals surface area contributed by atoms with Gasteiger partial charge in [-0.25, -0.2) is 0 Å². The molecule has 1 heterocycles. The summed E-state index contributed by atoms with van der Waals surface area (Å²) >= 11 is 3.26. The lowest BCUT2D eigenvalue weighted by Gasteiger charge is -1.94. The van der Waals surface area contributed by atoms with Crippen LogP contribution in [0.4, 0.5) is 0 Å². The van der Waals surface area contributed by atoms with Crippen LogP contribution in [0.15, 0.2) is 33.8 Å². The molecule has 2 rings (SSSR count). The van der Waals surface area contributed by atoms with E-state index in [1.807, 2.05) is 0 Å². The summed E-state index contributed by atoms with van der Waals surface area (Å²) in [5.74, 6) is 0. The second kappa shape index (κ2) is 3.08. The maximum Gasteiger partial charge on any atom is 0.296 e. The number of halogens is 1. The molecular weight excluding hydrogens is 270 g/mol. The van der Waals surface area contributed by atoms with Gasteiger partial charge >= 0.3 is 0 Å². The Labute approximate surface area is 88.8 Å². The van der Waals surface area contributed by atoms with Crippen molar-refractivity contribution in [2.45, 2.75) is 4.90 Å². The van der Waals surface area contributed by atoms with E-state index in [-0.39, 0.29) is 4.90 Å². The second-order valence-corrected chi connectivity index (χ2v) is 5.12. The summed E-state index contributed by atoms with van der Waals surface area (Å²) in [4.78, 5) is 2.67. The lowest BCUT2D eigenvalue weighted by Crippen LogP contribution is -1.95. The summed E-state index contributed by atoms with van der Waals surface area (Å²) in [5, 5.41) is 0.482. The lowest BCUT2D eigenvalue weighted by atomic mass is 10.2.